The summed E-state index contributed by atoms with van der Waals surface area (Å²) in [5.74, 6) is -2.36. The van der Waals surface area contributed by atoms with Crippen LogP contribution in [0, 0.1) is 0 Å². The lowest BCUT2D eigenvalue weighted by Gasteiger charge is -2.04. The van der Waals surface area contributed by atoms with Crippen LogP contribution in [0.4, 0.5) is 5.00 Å². The fraction of sp³-hybridized carbons (Fsp3) is 0.357. The van der Waals surface area contributed by atoms with E-state index in [0.717, 1.165) is 54.7 Å². The Balaban J connectivity index is 2.29. The highest BCUT2D eigenvalue weighted by molar-refractivity contribution is 7.17. The number of anilines is 1. The molecule has 112 valence electrons. The van der Waals surface area contributed by atoms with Gasteiger partial charge in [0.15, 0.2) is 0 Å². The van der Waals surface area contributed by atoms with E-state index in [4.69, 9.17) is 10.8 Å². The molecule has 0 radical (unpaired) electrons. The second kappa shape index (κ2) is 6.53. The van der Waals surface area contributed by atoms with Crippen LogP contribution in [0.1, 0.15) is 40.1 Å². The summed E-state index contributed by atoms with van der Waals surface area (Å²) in [5, 5.41) is 11.5. The number of amides is 2. The molecule has 1 aliphatic carbocycles. The Morgan fingerprint density at radius 3 is 2.52 bits per heavy atom. The monoisotopic (exact) mass is 308 g/mol. The molecule has 0 aromatic carbocycles. The van der Waals surface area contributed by atoms with Gasteiger partial charge in [0.2, 0.25) is 5.91 Å². The van der Waals surface area contributed by atoms with Gasteiger partial charge in [-0.1, -0.05) is 6.42 Å². The maximum absolute atomic E-state index is 11.7. The maximum atomic E-state index is 11.7. The third-order valence-corrected chi connectivity index (χ3v) is 4.49. The number of carboxylic acid groups (broad SMARTS) is 1. The predicted octanol–water partition coefficient (Wildman–Crippen LogP) is 1.70. The number of nitrogens with two attached hydrogens (primary N) is 1. The van der Waals surface area contributed by atoms with Crippen molar-refractivity contribution in [3.63, 3.8) is 0 Å². The van der Waals surface area contributed by atoms with E-state index in [1.807, 2.05) is 0 Å². The van der Waals surface area contributed by atoms with E-state index in [1.165, 1.54) is 11.3 Å². The van der Waals surface area contributed by atoms with Crippen molar-refractivity contribution in [2.45, 2.75) is 32.1 Å². The topological polar surface area (TPSA) is 109 Å². The van der Waals surface area contributed by atoms with Gasteiger partial charge in [-0.05, 0) is 31.2 Å². The van der Waals surface area contributed by atoms with E-state index < -0.39 is 17.8 Å². The lowest BCUT2D eigenvalue weighted by atomic mass is 10.1. The second-order valence-corrected chi connectivity index (χ2v) is 5.90. The van der Waals surface area contributed by atoms with Crippen LogP contribution in [-0.4, -0.2) is 22.9 Å². The van der Waals surface area contributed by atoms with Crippen molar-refractivity contribution in [1.82, 2.24) is 0 Å². The first-order valence-electron chi connectivity index (χ1n) is 6.65. The van der Waals surface area contributed by atoms with Crippen molar-refractivity contribution in [3.8, 4) is 0 Å². The molecule has 1 aliphatic rings. The van der Waals surface area contributed by atoms with Crippen molar-refractivity contribution >= 4 is 34.1 Å². The van der Waals surface area contributed by atoms with Crippen molar-refractivity contribution in [2.75, 3.05) is 5.32 Å². The Morgan fingerprint density at radius 2 is 1.86 bits per heavy atom. The van der Waals surface area contributed by atoms with E-state index in [9.17, 15) is 14.4 Å². The van der Waals surface area contributed by atoms with E-state index in [1.54, 1.807) is 0 Å². The van der Waals surface area contributed by atoms with Crippen LogP contribution in [0.2, 0.25) is 0 Å². The molecular formula is C14H16N2O4S. The van der Waals surface area contributed by atoms with Crippen molar-refractivity contribution in [3.05, 3.63) is 28.2 Å². The lowest BCUT2D eigenvalue weighted by Crippen LogP contribution is -2.17. The smallest absolute Gasteiger partial charge is 0.328 e. The number of carbonyl (C=O) groups is 3. The minimum absolute atomic E-state index is 0.369. The summed E-state index contributed by atoms with van der Waals surface area (Å²) in [5.41, 5.74) is 6.74. The van der Waals surface area contributed by atoms with E-state index in [0.29, 0.717) is 10.6 Å². The van der Waals surface area contributed by atoms with Gasteiger partial charge in [-0.15, -0.1) is 11.3 Å². The molecule has 0 saturated heterocycles. The molecule has 6 nitrogen and oxygen atoms in total. The van der Waals surface area contributed by atoms with Crippen molar-refractivity contribution < 1.29 is 19.5 Å². The summed E-state index contributed by atoms with van der Waals surface area (Å²) < 4.78 is 0. The van der Waals surface area contributed by atoms with Crippen molar-refractivity contribution in [2.24, 2.45) is 5.73 Å². The van der Waals surface area contributed by atoms with E-state index in [-0.39, 0.29) is 0 Å². The van der Waals surface area contributed by atoms with Gasteiger partial charge in [0.1, 0.15) is 5.00 Å². The zero-order valence-corrected chi connectivity index (χ0v) is 12.2. The fourth-order valence-electron chi connectivity index (χ4n) is 2.39. The Kier molecular flexibility index (Phi) is 4.74. The zero-order chi connectivity index (χ0) is 15.4. The number of carboxylic acids is 1. The summed E-state index contributed by atoms with van der Waals surface area (Å²) in [6.07, 6.45) is 6.49. The number of nitrogens with one attached hydrogen (secondary N) is 1. The first kappa shape index (κ1) is 15.2. The molecule has 7 heteroatoms. The van der Waals surface area contributed by atoms with Gasteiger partial charge in [0, 0.05) is 17.0 Å². The SMILES string of the molecule is NC(=O)c1c(NC(=O)C=CC(=O)O)sc2c1CCCCC2. The minimum Gasteiger partial charge on any atom is -0.478 e. The average molecular weight is 308 g/mol. The molecule has 2 amide bonds. The largest absolute Gasteiger partial charge is 0.478 e. The summed E-state index contributed by atoms with van der Waals surface area (Å²) in [6, 6.07) is 0. The van der Waals surface area contributed by atoms with Gasteiger partial charge in [-0.2, -0.15) is 0 Å². The summed E-state index contributed by atoms with van der Waals surface area (Å²) in [6.45, 7) is 0. The molecule has 1 aromatic rings. The van der Waals surface area contributed by atoms with Crippen LogP contribution in [0.25, 0.3) is 0 Å². The quantitative estimate of drug-likeness (QED) is 0.581. The molecule has 0 unspecified atom stereocenters. The Labute approximate surface area is 125 Å². The third-order valence-electron chi connectivity index (χ3n) is 3.28. The van der Waals surface area contributed by atoms with Crippen LogP contribution < -0.4 is 11.1 Å². The first-order valence-corrected chi connectivity index (χ1v) is 7.47. The van der Waals surface area contributed by atoms with Crippen LogP contribution in [0.15, 0.2) is 12.2 Å². The van der Waals surface area contributed by atoms with Crippen molar-refractivity contribution in [1.29, 1.82) is 0 Å². The number of fused-ring (bicyclic) bond motifs is 1. The van der Waals surface area contributed by atoms with Gasteiger partial charge in [-0.25, -0.2) is 4.79 Å². The number of rotatable bonds is 4. The third kappa shape index (κ3) is 3.69. The van der Waals surface area contributed by atoms with Gasteiger partial charge in [0.05, 0.1) is 5.56 Å². The molecule has 0 saturated carbocycles. The fourth-order valence-corrected chi connectivity index (χ4v) is 3.69. The number of carbonyl (C=O) groups excluding carboxylic acids is 2. The highest BCUT2D eigenvalue weighted by Gasteiger charge is 2.23. The average Bonchev–Trinajstić information content (AvgIpc) is 2.58. The maximum Gasteiger partial charge on any atom is 0.328 e. The summed E-state index contributed by atoms with van der Waals surface area (Å²) in [4.78, 5) is 34.8. The minimum atomic E-state index is -1.21. The van der Waals surface area contributed by atoms with E-state index in [2.05, 4.69) is 5.32 Å². The summed E-state index contributed by atoms with van der Waals surface area (Å²) >= 11 is 1.35. The number of aryl methyl sites for hydroxylation is 1. The lowest BCUT2D eigenvalue weighted by molar-refractivity contribution is -0.131. The molecule has 21 heavy (non-hydrogen) atoms. The van der Waals surface area contributed by atoms with Gasteiger partial charge in [0.25, 0.3) is 5.91 Å². The molecule has 2 rings (SSSR count). The number of primary amides is 1. The zero-order valence-electron chi connectivity index (χ0n) is 11.3. The molecule has 1 heterocycles. The number of hydrogen-bond donors (Lipinski definition) is 3. The predicted molar refractivity (Wildman–Crippen MR) is 79.5 cm³/mol. The molecular weight excluding hydrogens is 292 g/mol. The van der Waals surface area contributed by atoms with Crippen LogP contribution in [0.3, 0.4) is 0 Å². The van der Waals surface area contributed by atoms with Crippen LogP contribution in [0.5, 0.6) is 0 Å². The molecule has 0 aliphatic heterocycles. The van der Waals surface area contributed by atoms with Gasteiger partial charge >= 0.3 is 5.97 Å². The molecule has 4 N–H and O–H groups in total. The molecule has 0 atom stereocenters. The standard InChI is InChI=1S/C14H16N2O4S/c15-13(20)12-8-4-2-1-3-5-9(8)21-14(12)16-10(17)6-7-11(18)19/h6-7H,1-5H2,(H2,15,20)(H,16,17)(H,18,19). The van der Waals surface area contributed by atoms with Crippen LogP contribution in [-0.2, 0) is 22.4 Å². The Bertz CT molecular complexity index is 619. The summed E-state index contributed by atoms with van der Waals surface area (Å²) in [7, 11) is 0. The number of aliphatic carboxylic acids is 1. The van der Waals surface area contributed by atoms with E-state index >= 15 is 0 Å². The van der Waals surface area contributed by atoms with Gasteiger partial charge in [-0.3, -0.25) is 9.59 Å². The van der Waals surface area contributed by atoms with Crippen LogP contribution >= 0.6 is 11.3 Å². The first-order chi connectivity index (χ1) is 9.99. The Hall–Kier alpha value is -2.15. The molecule has 0 fully saturated rings. The Morgan fingerprint density at radius 1 is 1.14 bits per heavy atom. The second-order valence-electron chi connectivity index (χ2n) is 4.79. The highest BCUT2D eigenvalue weighted by Crippen LogP contribution is 2.37. The van der Waals surface area contributed by atoms with Gasteiger partial charge < -0.3 is 16.2 Å². The molecule has 0 bridgehead atoms. The highest BCUT2D eigenvalue weighted by atomic mass is 32.1. The molecule has 1 aromatic heterocycles. The number of thiophene rings is 1. The molecule has 0 spiro atoms. The number of hydrogen-bond acceptors (Lipinski definition) is 4. The normalized spacial score (nSPS) is 14.5.